The van der Waals surface area contributed by atoms with Crippen molar-refractivity contribution in [2.24, 2.45) is 0 Å². The molecule has 20 heavy (non-hydrogen) atoms. The molecular formula is C12H14N2O4S2. The Morgan fingerprint density at radius 2 is 2.25 bits per heavy atom. The SMILES string of the molecule is CCOC(=O)c1c(NS(=O)(=O)c2cccs2)c[nH]c1C. The first-order valence-electron chi connectivity index (χ1n) is 5.87. The second-order valence-electron chi connectivity index (χ2n) is 3.96. The monoisotopic (exact) mass is 314 g/mol. The molecular weight excluding hydrogens is 300 g/mol. The van der Waals surface area contributed by atoms with Gasteiger partial charge in [0, 0.05) is 11.9 Å². The number of thiophene rings is 1. The van der Waals surface area contributed by atoms with E-state index >= 15 is 0 Å². The summed E-state index contributed by atoms with van der Waals surface area (Å²) in [5, 5.41) is 1.67. The fraction of sp³-hybridized carbons (Fsp3) is 0.250. The van der Waals surface area contributed by atoms with Gasteiger partial charge >= 0.3 is 5.97 Å². The number of hydrogen-bond donors (Lipinski definition) is 2. The third-order valence-electron chi connectivity index (χ3n) is 2.56. The van der Waals surface area contributed by atoms with Crippen molar-refractivity contribution in [2.45, 2.75) is 18.1 Å². The van der Waals surface area contributed by atoms with Gasteiger partial charge in [0.15, 0.2) is 0 Å². The Kier molecular flexibility index (Phi) is 4.15. The van der Waals surface area contributed by atoms with Gasteiger partial charge in [0.2, 0.25) is 0 Å². The molecule has 108 valence electrons. The summed E-state index contributed by atoms with van der Waals surface area (Å²) in [6, 6.07) is 3.14. The fourth-order valence-electron chi connectivity index (χ4n) is 1.69. The van der Waals surface area contributed by atoms with Crippen LogP contribution in [-0.4, -0.2) is 26.0 Å². The fourth-order valence-corrected chi connectivity index (χ4v) is 3.74. The van der Waals surface area contributed by atoms with Crippen LogP contribution >= 0.6 is 11.3 Å². The number of H-pyrrole nitrogens is 1. The van der Waals surface area contributed by atoms with Crippen LogP contribution in [0.5, 0.6) is 0 Å². The molecule has 0 bridgehead atoms. The number of nitrogens with one attached hydrogen (secondary N) is 2. The molecule has 0 saturated heterocycles. The number of esters is 1. The van der Waals surface area contributed by atoms with E-state index < -0.39 is 16.0 Å². The van der Waals surface area contributed by atoms with Crippen LogP contribution < -0.4 is 4.72 Å². The highest BCUT2D eigenvalue weighted by Gasteiger charge is 2.23. The third kappa shape index (κ3) is 2.86. The van der Waals surface area contributed by atoms with Crippen molar-refractivity contribution in [3.8, 4) is 0 Å². The summed E-state index contributed by atoms with van der Waals surface area (Å²) < 4.78 is 31.8. The molecule has 0 aliphatic carbocycles. The molecule has 0 fully saturated rings. The van der Waals surface area contributed by atoms with Gasteiger partial charge in [-0.05, 0) is 25.3 Å². The lowest BCUT2D eigenvalue weighted by Crippen LogP contribution is -2.15. The maximum absolute atomic E-state index is 12.1. The van der Waals surface area contributed by atoms with Gasteiger partial charge in [-0.1, -0.05) is 6.07 Å². The van der Waals surface area contributed by atoms with Crippen LogP contribution in [0.1, 0.15) is 23.0 Å². The number of aromatic amines is 1. The van der Waals surface area contributed by atoms with Crippen molar-refractivity contribution in [2.75, 3.05) is 11.3 Å². The van der Waals surface area contributed by atoms with Crippen LogP contribution in [0.2, 0.25) is 0 Å². The average molecular weight is 314 g/mol. The molecule has 0 unspecified atom stereocenters. The number of sulfonamides is 1. The molecule has 0 spiro atoms. The largest absolute Gasteiger partial charge is 0.462 e. The van der Waals surface area contributed by atoms with Crippen LogP contribution in [0.15, 0.2) is 27.9 Å². The van der Waals surface area contributed by atoms with Crippen molar-refractivity contribution in [1.29, 1.82) is 0 Å². The van der Waals surface area contributed by atoms with Gasteiger partial charge in [-0.2, -0.15) is 0 Å². The lowest BCUT2D eigenvalue weighted by molar-refractivity contribution is 0.0527. The Hall–Kier alpha value is -1.80. The zero-order chi connectivity index (χ0) is 14.8. The van der Waals surface area contributed by atoms with Crippen molar-refractivity contribution >= 4 is 33.0 Å². The number of anilines is 1. The summed E-state index contributed by atoms with van der Waals surface area (Å²) >= 11 is 1.10. The molecule has 0 saturated carbocycles. The van der Waals surface area contributed by atoms with Crippen molar-refractivity contribution in [3.05, 3.63) is 35.0 Å². The van der Waals surface area contributed by atoms with Gasteiger partial charge in [0.05, 0.1) is 12.3 Å². The maximum atomic E-state index is 12.1. The van der Waals surface area contributed by atoms with Gasteiger partial charge in [0.1, 0.15) is 9.77 Å². The van der Waals surface area contributed by atoms with E-state index in [9.17, 15) is 13.2 Å². The van der Waals surface area contributed by atoms with E-state index in [1.807, 2.05) is 0 Å². The molecule has 2 N–H and O–H groups in total. The number of carbonyl (C=O) groups excluding carboxylic acids is 1. The smallest absolute Gasteiger partial charge is 0.342 e. The van der Waals surface area contributed by atoms with E-state index in [2.05, 4.69) is 9.71 Å². The minimum Gasteiger partial charge on any atom is -0.462 e. The molecule has 0 atom stereocenters. The zero-order valence-corrected chi connectivity index (χ0v) is 12.6. The Labute approximate surface area is 120 Å². The molecule has 0 aliphatic rings. The second-order valence-corrected chi connectivity index (χ2v) is 6.82. The van der Waals surface area contributed by atoms with E-state index in [1.165, 1.54) is 12.3 Å². The Morgan fingerprint density at radius 1 is 1.50 bits per heavy atom. The number of carbonyl (C=O) groups is 1. The van der Waals surface area contributed by atoms with Crippen molar-refractivity contribution in [3.63, 3.8) is 0 Å². The number of aromatic nitrogens is 1. The molecule has 2 aromatic heterocycles. The number of aryl methyl sites for hydroxylation is 1. The van der Waals surface area contributed by atoms with Crippen molar-refractivity contribution < 1.29 is 17.9 Å². The minimum absolute atomic E-state index is 0.186. The molecule has 2 aromatic rings. The average Bonchev–Trinajstić information content (AvgIpc) is 2.99. The van der Waals surface area contributed by atoms with E-state index in [4.69, 9.17) is 4.74 Å². The van der Waals surface area contributed by atoms with Crippen LogP contribution in [0.25, 0.3) is 0 Å². The van der Waals surface area contributed by atoms with Gasteiger partial charge in [-0.25, -0.2) is 13.2 Å². The summed E-state index contributed by atoms with van der Waals surface area (Å²) in [7, 11) is -3.69. The van der Waals surface area contributed by atoms with E-state index in [0.29, 0.717) is 5.69 Å². The summed E-state index contributed by atoms with van der Waals surface area (Å²) in [4.78, 5) is 14.7. The Balaban J connectivity index is 2.34. The summed E-state index contributed by atoms with van der Waals surface area (Å²) in [5.74, 6) is -0.560. The highest BCUT2D eigenvalue weighted by molar-refractivity contribution is 7.94. The van der Waals surface area contributed by atoms with Gasteiger partial charge in [0.25, 0.3) is 10.0 Å². The highest BCUT2D eigenvalue weighted by atomic mass is 32.2. The first-order chi connectivity index (χ1) is 9.45. The first-order valence-corrected chi connectivity index (χ1v) is 8.23. The molecule has 0 radical (unpaired) electrons. The Morgan fingerprint density at radius 3 is 2.85 bits per heavy atom. The number of ether oxygens (including phenoxy) is 1. The van der Waals surface area contributed by atoms with E-state index in [1.54, 1.807) is 25.3 Å². The summed E-state index contributed by atoms with van der Waals surface area (Å²) in [5.41, 5.74) is 0.939. The minimum atomic E-state index is -3.69. The van der Waals surface area contributed by atoms with Crippen LogP contribution in [0.3, 0.4) is 0 Å². The third-order valence-corrected chi connectivity index (χ3v) is 5.32. The normalized spacial score (nSPS) is 11.3. The van der Waals surface area contributed by atoms with Crippen molar-refractivity contribution in [1.82, 2.24) is 4.98 Å². The standard InChI is InChI=1S/C12H14N2O4S2/c1-3-18-12(15)11-8(2)13-7-9(11)14-20(16,17)10-5-4-6-19-10/h4-7,13-14H,3H2,1-2H3. The molecule has 0 amide bonds. The molecule has 0 aromatic carbocycles. The van der Waals surface area contributed by atoms with Gasteiger partial charge in [-0.3, -0.25) is 4.72 Å². The number of hydrogen-bond acceptors (Lipinski definition) is 5. The lowest BCUT2D eigenvalue weighted by Gasteiger charge is -2.07. The van der Waals surface area contributed by atoms with E-state index in [-0.39, 0.29) is 22.1 Å². The summed E-state index contributed by atoms with van der Waals surface area (Å²) in [6.45, 7) is 3.59. The maximum Gasteiger partial charge on any atom is 0.342 e. The molecule has 2 heterocycles. The van der Waals surface area contributed by atoms with Crippen LogP contribution in [0, 0.1) is 6.92 Å². The van der Waals surface area contributed by atoms with Crippen LogP contribution in [0.4, 0.5) is 5.69 Å². The number of rotatable bonds is 5. The highest BCUT2D eigenvalue weighted by Crippen LogP contribution is 2.25. The van der Waals surface area contributed by atoms with Gasteiger partial charge < -0.3 is 9.72 Å². The van der Waals surface area contributed by atoms with E-state index in [0.717, 1.165) is 11.3 Å². The molecule has 6 nitrogen and oxygen atoms in total. The zero-order valence-electron chi connectivity index (χ0n) is 11.0. The summed E-state index contributed by atoms with van der Waals surface area (Å²) in [6.07, 6.45) is 1.44. The predicted molar refractivity (Wildman–Crippen MR) is 76.6 cm³/mol. The topological polar surface area (TPSA) is 88.3 Å². The van der Waals surface area contributed by atoms with Gasteiger partial charge in [-0.15, -0.1) is 11.3 Å². The molecule has 2 rings (SSSR count). The molecule has 0 aliphatic heterocycles. The molecule has 8 heteroatoms. The Bertz CT molecular complexity index is 702. The quantitative estimate of drug-likeness (QED) is 0.829. The van der Waals surface area contributed by atoms with Crippen LogP contribution in [-0.2, 0) is 14.8 Å². The predicted octanol–water partition coefficient (Wildman–Crippen LogP) is 2.36. The second kappa shape index (κ2) is 5.68. The first kappa shape index (κ1) is 14.6. The lowest BCUT2D eigenvalue weighted by atomic mass is 10.2.